The fourth-order valence-electron chi connectivity index (χ4n) is 2.50. The molecular formula is C13H18N2OS. The molecule has 0 spiro atoms. The maximum atomic E-state index is 11.8. The van der Waals surface area contributed by atoms with Crippen LogP contribution in [0.25, 0.3) is 0 Å². The van der Waals surface area contributed by atoms with Crippen molar-refractivity contribution >= 4 is 17.7 Å². The van der Waals surface area contributed by atoms with Crippen LogP contribution in [0.4, 0.5) is 0 Å². The smallest absolute Gasteiger partial charge is 0.248 e. The summed E-state index contributed by atoms with van der Waals surface area (Å²) in [4.78, 5) is 11.2. The van der Waals surface area contributed by atoms with Gasteiger partial charge in [0.15, 0.2) is 4.87 Å². The van der Waals surface area contributed by atoms with Crippen molar-refractivity contribution in [3.05, 3.63) is 35.9 Å². The Morgan fingerprint density at radius 3 is 2.71 bits per heavy atom. The molecule has 1 saturated heterocycles. The number of rotatable bonds is 4. The minimum absolute atomic E-state index is 0.133. The van der Waals surface area contributed by atoms with Gasteiger partial charge in [-0.1, -0.05) is 37.3 Å². The average molecular weight is 250 g/mol. The van der Waals surface area contributed by atoms with Crippen molar-refractivity contribution in [3.63, 3.8) is 0 Å². The van der Waals surface area contributed by atoms with E-state index in [0.29, 0.717) is 0 Å². The molecule has 0 aromatic heterocycles. The van der Waals surface area contributed by atoms with E-state index in [9.17, 15) is 4.79 Å². The van der Waals surface area contributed by atoms with Crippen molar-refractivity contribution in [1.82, 2.24) is 5.32 Å². The monoisotopic (exact) mass is 250 g/mol. The third-order valence-corrected chi connectivity index (χ3v) is 4.78. The number of amides is 1. The maximum absolute atomic E-state index is 11.8. The summed E-state index contributed by atoms with van der Waals surface area (Å²) < 4.78 is 0. The third-order valence-electron chi connectivity index (χ3n) is 3.29. The molecule has 92 valence electrons. The minimum atomic E-state index is -0.629. The SMILES string of the molecule is CCC(c1ccccc1)C1(C(N)=O)NCCS1. The topological polar surface area (TPSA) is 55.1 Å². The van der Waals surface area contributed by atoms with Gasteiger partial charge in [-0.2, -0.15) is 0 Å². The minimum Gasteiger partial charge on any atom is -0.367 e. The molecule has 2 atom stereocenters. The normalized spacial score (nSPS) is 25.7. The van der Waals surface area contributed by atoms with Crippen molar-refractivity contribution in [2.45, 2.75) is 24.1 Å². The van der Waals surface area contributed by atoms with Gasteiger partial charge in [0, 0.05) is 18.2 Å². The van der Waals surface area contributed by atoms with Crippen LogP contribution in [0.3, 0.4) is 0 Å². The Morgan fingerprint density at radius 2 is 2.24 bits per heavy atom. The van der Waals surface area contributed by atoms with Gasteiger partial charge < -0.3 is 5.73 Å². The van der Waals surface area contributed by atoms with Crippen molar-refractivity contribution in [1.29, 1.82) is 0 Å². The highest BCUT2D eigenvalue weighted by Gasteiger charge is 2.47. The molecule has 3 nitrogen and oxygen atoms in total. The van der Waals surface area contributed by atoms with Gasteiger partial charge in [-0.3, -0.25) is 10.1 Å². The predicted molar refractivity (Wildman–Crippen MR) is 71.9 cm³/mol. The molecule has 1 fully saturated rings. The van der Waals surface area contributed by atoms with Gasteiger partial charge in [0.1, 0.15) is 0 Å². The maximum Gasteiger partial charge on any atom is 0.248 e. The summed E-state index contributed by atoms with van der Waals surface area (Å²) in [5, 5.41) is 3.31. The van der Waals surface area contributed by atoms with Crippen LogP contribution in [-0.2, 0) is 4.79 Å². The molecule has 2 rings (SSSR count). The van der Waals surface area contributed by atoms with Gasteiger partial charge in [-0.05, 0) is 12.0 Å². The lowest BCUT2D eigenvalue weighted by Gasteiger charge is -2.33. The second kappa shape index (κ2) is 5.10. The molecule has 1 heterocycles. The van der Waals surface area contributed by atoms with Crippen molar-refractivity contribution < 1.29 is 4.79 Å². The Kier molecular flexibility index (Phi) is 3.74. The number of nitrogens with two attached hydrogens (primary N) is 1. The van der Waals surface area contributed by atoms with Crippen molar-refractivity contribution in [2.24, 2.45) is 5.73 Å². The second-order valence-electron chi connectivity index (χ2n) is 4.25. The van der Waals surface area contributed by atoms with E-state index in [0.717, 1.165) is 18.7 Å². The average Bonchev–Trinajstić information content (AvgIpc) is 2.82. The summed E-state index contributed by atoms with van der Waals surface area (Å²) in [6.45, 7) is 2.94. The standard InChI is InChI=1S/C13H18N2OS/c1-2-11(10-6-4-3-5-7-10)13(12(14)16)15-8-9-17-13/h3-7,11,15H,2,8-9H2,1H3,(H2,14,16). The van der Waals surface area contributed by atoms with E-state index in [1.54, 1.807) is 11.8 Å². The zero-order valence-corrected chi connectivity index (χ0v) is 10.8. The van der Waals surface area contributed by atoms with Crippen LogP contribution >= 0.6 is 11.8 Å². The Balaban J connectivity index is 2.37. The molecule has 0 saturated carbocycles. The first-order valence-corrected chi connectivity index (χ1v) is 6.93. The molecule has 1 aliphatic heterocycles. The first-order chi connectivity index (χ1) is 8.20. The van der Waals surface area contributed by atoms with Gasteiger partial charge >= 0.3 is 0 Å². The molecule has 1 aliphatic rings. The second-order valence-corrected chi connectivity index (χ2v) is 5.59. The molecule has 0 radical (unpaired) electrons. The number of primary amides is 1. The fraction of sp³-hybridized carbons (Fsp3) is 0.462. The summed E-state index contributed by atoms with van der Waals surface area (Å²) in [7, 11) is 0. The highest BCUT2D eigenvalue weighted by Crippen LogP contribution is 2.42. The number of nitrogens with one attached hydrogen (secondary N) is 1. The molecule has 3 N–H and O–H groups in total. The quantitative estimate of drug-likeness (QED) is 0.855. The van der Waals surface area contributed by atoms with E-state index >= 15 is 0 Å². The number of carbonyl (C=O) groups excluding carboxylic acids is 1. The number of thioether (sulfide) groups is 1. The van der Waals surface area contributed by atoms with E-state index in [4.69, 9.17) is 5.73 Å². The van der Waals surface area contributed by atoms with E-state index in [-0.39, 0.29) is 11.8 Å². The van der Waals surface area contributed by atoms with Gasteiger partial charge in [0.2, 0.25) is 5.91 Å². The molecule has 0 bridgehead atoms. The highest BCUT2D eigenvalue weighted by atomic mass is 32.2. The molecule has 1 amide bonds. The van der Waals surface area contributed by atoms with Crippen LogP contribution in [-0.4, -0.2) is 23.1 Å². The number of benzene rings is 1. The molecule has 0 aliphatic carbocycles. The van der Waals surface area contributed by atoms with E-state index in [1.807, 2.05) is 18.2 Å². The van der Waals surface area contributed by atoms with Gasteiger partial charge in [0.05, 0.1) is 0 Å². The van der Waals surface area contributed by atoms with Crippen molar-refractivity contribution in [3.8, 4) is 0 Å². The van der Waals surface area contributed by atoms with Crippen LogP contribution in [0.5, 0.6) is 0 Å². The Labute approximate surface area is 106 Å². The lowest BCUT2D eigenvalue weighted by atomic mass is 9.88. The zero-order chi connectivity index (χ0) is 12.3. The largest absolute Gasteiger partial charge is 0.367 e. The van der Waals surface area contributed by atoms with E-state index in [1.165, 1.54) is 5.56 Å². The van der Waals surface area contributed by atoms with Crippen LogP contribution in [0.1, 0.15) is 24.8 Å². The molecule has 1 aromatic carbocycles. The lowest BCUT2D eigenvalue weighted by Crippen LogP contribution is -2.53. The van der Waals surface area contributed by atoms with Crippen LogP contribution in [0.2, 0.25) is 0 Å². The summed E-state index contributed by atoms with van der Waals surface area (Å²) in [6.07, 6.45) is 0.896. The number of hydrogen-bond donors (Lipinski definition) is 2. The lowest BCUT2D eigenvalue weighted by molar-refractivity contribution is -0.121. The zero-order valence-electron chi connectivity index (χ0n) is 9.98. The number of carbonyl (C=O) groups is 1. The molecule has 1 aromatic rings. The molecular weight excluding hydrogens is 232 g/mol. The van der Waals surface area contributed by atoms with Crippen LogP contribution < -0.4 is 11.1 Å². The highest BCUT2D eigenvalue weighted by molar-refractivity contribution is 8.01. The van der Waals surface area contributed by atoms with Crippen LogP contribution in [0.15, 0.2) is 30.3 Å². The first-order valence-electron chi connectivity index (χ1n) is 5.94. The Morgan fingerprint density at radius 1 is 1.53 bits per heavy atom. The summed E-state index contributed by atoms with van der Waals surface area (Å²) in [5.74, 6) is 0.816. The van der Waals surface area contributed by atoms with E-state index in [2.05, 4.69) is 24.4 Å². The third kappa shape index (κ3) is 2.19. The first kappa shape index (κ1) is 12.5. The van der Waals surface area contributed by atoms with Gasteiger partial charge in [-0.25, -0.2) is 0 Å². The summed E-state index contributed by atoms with van der Waals surface area (Å²) >= 11 is 1.64. The Hall–Kier alpha value is -1.00. The van der Waals surface area contributed by atoms with Gasteiger partial charge in [0.25, 0.3) is 0 Å². The molecule has 2 unspecified atom stereocenters. The predicted octanol–water partition coefficient (Wildman–Crippen LogP) is 1.70. The van der Waals surface area contributed by atoms with Crippen molar-refractivity contribution in [2.75, 3.05) is 12.3 Å². The van der Waals surface area contributed by atoms with Gasteiger partial charge in [-0.15, -0.1) is 11.8 Å². The summed E-state index contributed by atoms with van der Waals surface area (Å²) in [5.41, 5.74) is 6.80. The molecule has 4 heteroatoms. The summed E-state index contributed by atoms with van der Waals surface area (Å²) in [6, 6.07) is 10.1. The van der Waals surface area contributed by atoms with E-state index < -0.39 is 4.87 Å². The van der Waals surface area contributed by atoms with Crippen LogP contribution in [0, 0.1) is 0 Å². The Bertz CT molecular complexity index is 388. The number of hydrogen-bond acceptors (Lipinski definition) is 3. The molecule has 17 heavy (non-hydrogen) atoms. The fourth-order valence-corrected chi connectivity index (χ4v) is 3.87.